The van der Waals surface area contributed by atoms with Crippen LogP contribution in [0.3, 0.4) is 0 Å². The number of carbonyl (C=O) groups excluding carboxylic acids is 1. The van der Waals surface area contributed by atoms with Crippen molar-refractivity contribution in [3.8, 4) is 0 Å². The lowest BCUT2D eigenvalue weighted by Crippen LogP contribution is -2.28. The Balaban J connectivity index is 2.20. The van der Waals surface area contributed by atoms with Crippen molar-refractivity contribution >= 4 is 29.0 Å². The van der Waals surface area contributed by atoms with Gasteiger partial charge in [0.2, 0.25) is 11.7 Å². The highest BCUT2D eigenvalue weighted by molar-refractivity contribution is 6.29. The van der Waals surface area contributed by atoms with Gasteiger partial charge in [-0.25, -0.2) is 4.98 Å². The molecule has 90 valence electrons. The van der Waals surface area contributed by atoms with Gasteiger partial charge < -0.3 is 5.32 Å². The number of aromatic nitrogens is 1. The molecule has 17 heavy (non-hydrogen) atoms. The van der Waals surface area contributed by atoms with Crippen molar-refractivity contribution in [3.05, 3.63) is 27.4 Å². The van der Waals surface area contributed by atoms with Crippen LogP contribution in [0.25, 0.3) is 0 Å². The number of nitro groups is 1. The fraction of sp³-hybridized carbons (Fsp3) is 0.400. The smallest absolute Gasteiger partial charge is 0.305 e. The zero-order valence-electron chi connectivity index (χ0n) is 8.85. The van der Waals surface area contributed by atoms with Crippen molar-refractivity contribution in [2.75, 3.05) is 5.32 Å². The fourth-order valence-electron chi connectivity index (χ4n) is 1.56. The van der Waals surface area contributed by atoms with Crippen molar-refractivity contribution in [1.82, 2.24) is 4.98 Å². The van der Waals surface area contributed by atoms with Crippen LogP contribution in [-0.2, 0) is 4.79 Å². The summed E-state index contributed by atoms with van der Waals surface area (Å²) in [4.78, 5) is 25.6. The molecule has 0 atom stereocenters. The second-order valence-corrected chi connectivity index (χ2v) is 4.26. The highest BCUT2D eigenvalue weighted by Gasteiger charge is 2.27. The Hall–Kier alpha value is -1.69. The summed E-state index contributed by atoms with van der Waals surface area (Å²) in [6.45, 7) is 0. The zero-order chi connectivity index (χ0) is 12.4. The number of anilines is 1. The van der Waals surface area contributed by atoms with Gasteiger partial charge in [-0.3, -0.25) is 14.9 Å². The van der Waals surface area contributed by atoms with E-state index in [-0.39, 0.29) is 28.5 Å². The van der Waals surface area contributed by atoms with Gasteiger partial charge >= 0.3 is 5.69 Å². The first kappa shape index (κ1) is 11.8. The predicted octanol–water partition coefficient (Wildman–Crippen LogP) is 2.38. The molecule has 1 aliphatic carbocycles. The van der Waals surface area contributed by atoms with E-state index in [0.717, 1.165) is 19.3 Å². The van der Waals surface area contributed by atoms with Gasteiger partial charge in [-0.1, -0.05) is 18.0 Å². The Labute approximate surface area is 102 Å². The molecule has 0 saturated heterocycles. The third-order valence-electron chi connectivity index (χ3n) is 2.75. The van der Waals surface area contributed by atoms with Crippen molar-refractivity contribution in [3.63, 3.8) is 0 Å². The van der Waals surface area contributed by atoms with E-state index in [0.29, 0.717) is 0 Å². The molecule has 0 bridgehead atoms. The first-order chi connectivity index (χ1) is 8.08. The number of nitrogens with one attached hydrogen (secondary N) is 1. The molecule has 1 aliphatic rings. The van der Waals surface area contributed by atoms with Crippen LogP contribution in [0.1, 0.15) is 19.3 Å². The van der Waals surface area contributed by atoms with Crippen LogP contribution in [0.5, 0.6) is 0 Å². The second-order valence-electron chi connectivity index (χ2n) is 3.88. The molecule has 0 radical (unpaired) electrons. The van der Waals surface area contributed by atoms with Crippen LogP contribution in [-0.4, -0.2) is 15.8 Å². The molecule has 0 spiro atoms. The molecule has 1 amide bonds. The zero-order valence-corrected chi connectivity index (χ0v) is 9.61. The van der Waals surface area contributed by atoms with Crippen LogP contribution in [0, 0.1) is 16.0 Å². The summed E-state index contributed by atoms with van der Waals surface area (Å²) >= 11 is 5.65. The van der Waals surface area contributed by atoms with Crippen molar-refractivity contribution < 1.29 is 9.72 Å². The lowest BCUT2D eigenvalue weighted by Gasteiger charge is -2.23. The van der Waals surface area contributed by atoms with Gasteiger partial charge in [-0.2, -0.15) is 0 Å². The maximum absolute atomic E-state index is 11.7. The van der Waals surface area contributed by atoms with Gasteiger partial charge in [-0.05, 0) is 18.9 Å². The molecule has 1 fully saturated rings. The Morgan fingerprint density at radius 3 is 2.76 bits per heavy atom. The van der Waals surface area contributed by atoms with Crippen LogP contribution in [0.15, 0.2) is 12.1 Å². The molecule has 1 heterocycles. The summed E-state index contributed by atoms with van der Waals surface area (Å²) in [6, 6.07) is 2.55. The quantitative estimate of drug-likeness (QED) is 0.510. The van der Waals surface area contributed by atoms with Gasteiger partial charge in [0.05, 0.1) is 4.92 Å². The average molecular weight is 256 g/mol. The van der Waals surface area contributed by atoms with E-state index in [1.54, 1.807) is 0 Å². The minimum atomic E-state index is -0.598. The maximum Gasteiger partial charge on any atom is 0.311 e. The molecule has 0 aliphatic heterocycles. The van der Waals surface area contributed by atoms with Crippen LogP contribution < -0.4 is 5.32 Å². The predicted molar refractivity (Wildman–Crippen MR) is 61.9 cm³/mol. The number of rotatable bonds is 3. The third-order valence-corrected chi connectivity index (χ3v) is 2.96. The molecule has 0 unspecified atom stereocenters. The highest BCUT2D eigenvalue weighted by Crippen LogP contribution is 2.29. The van der Waals surface area contributed by atoms with Gasteiger partial charge in [0.25, 0.3) is 0 Å². The number of nitrogens with zero attached hydrogens (tertiary/aromatic N) is 2. The summed E-state index contributed by atoms with van der Waals surface area (Å²) in [6.07, 6.45) is 2.66. The van der Waals surface area contributed by atoms with E-state index in [9.17, 15) is 14.9 Å². The highest BCUT2D eigenvalue weighted by atomic mass is 35.5. The number of amides is 1. The van der Waals surface area contributed by atoms with E-state index in [2.05, 4.69) is 10.3 Å². The lowest BCUT2D eigenvalue weighted by molar-refractivity contribution is -0.384. The number of pyridine rings is 1. The van der Waals surface area contributed by atoms with Crippen molar-refractivity contribution in [1.29, 1.82) is 0 Å². The van der Waals surface area contributed by atoms with E-state index in [4.69, 9.17) is 11.6 Å². The van der Waals surface area contributed by atoms with Gasteiger partial charge in [0.1, 0.15) is 5.15 Å². The Morgan fingerprint density at radius 1 is 1.53 bits per heavy atom. The van der Waals surface area contributed by atoms with Crippen molar-refractivity contribution in [2.45, 2.75) is 19.3 Å². The molecular formula is C10H10ClN3O3. The summed E-state index contributed by atoms with van der Waals surface area (Å²) in [5.41, 5.74) is -0.248. The SMILES string of the molecule is O=C(Nc1nc(Cl)ccc1[N+](=O)[O-])C1CCC1. The summed E-state index contributed by atoms with van der Waals surface area (Å²) in [5.74, 6) is -0.371. The van der Waals surface area contributed by atoms with Gasteiger partial charge in [-0.15, -0.1) is 0 Å². The summed E-state index contributed by atoms with van der Waals surface area (Å²) in [5, 5.41) is 13.3. The number of hydrogen-bond acceptors (Lipinski definition) is 4. The minimum Gasteiger partial charge on any atom is -0.305 e. The first-order valence-corrected chi connectivity index (χ1v) is 5.57. The normalized spacial score (nSPS) is 15.1. The fourth-order valence-corrected chi connectivity index (χ4v) is 1.70. The molecule has 6 nitrogen and oxygen atoms in total. The number of carbonyl (C=O) groups is 1. The molecule has 2 rings (SSSR count). The van der Waals surface area contributed by atoms with E-state index in [1.165, 1.54) is 12.1 Å². The molecule has 0 aromatic carbocycles. The monoisotopic (exact) mass is 255 g/mol. The number of hydrogen-bond donors (Lipinski definition) is 1. The van der Waals surface area contributed by atoms with Crippen LogP contribution >= 0.6 is 11.6 Å². The largest absolute Gasteiger partial charge is 0.311 e. The molecule has 7 heteroatoms. The summed E-state index contributed by atoms with van der Waals surface area (Å²) in [7, 11) is 0. The van der Waals surface area contributed by atoms with Gasteiger partial charge in [0.15, 0.2) is 0 Å². The maximum atomic E-state index is 11.7. The molecule has 1 saturated carbocycles. The molecular weight excluding hydrogens is 246 g/mol. The third kappa shape index (κ3) is 2.52. The van der Waals surface area contributed by atoms with Gasteiger partial charge in [0, 0.05) is 12.0 Å². The Bertz CT molecular complexity index is 474. The Kier molecular flexibility index (Phi) is 3.23. The average Bonchev–Trinajstić information content (AvgIpc) is 2.13. The lowest BCUT2D eigenvalue weighted by atomic mass is 9.85. The standard InChI is InChI=1S/C10H10ClN3O3/c11-8-5-4-7(14(16)17)9(12-8)13-10(15)6-2-1-3-6/h4-6H,1-3H2,(H,12,13,15). The topological polar surface area (TPSA) is 85.1 Å². The first-order valence-electron chi connectivity index (χ1n) is 5.19. The summed E-state index contributed by atoms with van der Waals surface area (Å²) < 4.78 is 0. The molecule has 1 aromatic rings. The second kappa shape index (κ2) is 4.67. The van der Waals surface area contributed by atoms with E-state index < -0.39 is 4.92 Å². The minimum absolute atomic E-state index is 0.0598. The van der Waals surface area contributed by atoms with E-state index in [1.807, 2.05) is 0 Å². The van der Waals surface area contributed by atoms with Crippen molar-refractivity contribution in [2.24, 2.45) is 5.92 Å². The van der Waals surface area contributed by atoms with E-state index >= 15 is 0 Å². The molecule has 1 aromatic heterocycles. The Morgan fingerprint density at radius 2 is 2.24 bits per heavy atom. The number of halogens is 1. The van der Waals surface area contributed by atoms with Crippen LogP contribution in [0.2, 0.25) is 5.15 Å². The molecule has 1 N–H and O–H groups in total. The van der Waals surface area contributed by atoms with Crippen LogP contribution in [0.4, 0.5) is 11.5 Å².